The first-order valence-electron chi connectivity index (χ1n) is 5.58. The van der Waals surface area contributed by atoms with Crippen LogP contribution in [0.5, 0.6) is 11.5 Å². The predicted octanol–water partition coefficient (Wildman–Crippen LogP) is 4.57. The van der Waals surface area contributed by atoms with Gasteiger partial charge >= 0.3 is 0 Å². The third kappa shape index (κ3) is 3.30. The van der Waals surface area contributed by atoms with E-state index in [-0.39, 0.29) is 11.5 Å². The second-order valence-electron chi connectivity index (χ2n) is 4.04. The van der Waals surface area contributed by atoms with E-state index in [1.165, 1.54) is 37.3 Å². The van der Waals surface area contributed by atoms with Crippen molar-refractivity contribution >= 4 is 15.9 Å². The Kier molecular flexibility index (Phi) is 4.17. The van der Waals surface area contributed by atoms with E-state index in [1.54, 1.807) is 0 Å². The second kappa shape index (κ2) is 5.67. The van der Waals surface area contributed by atoms with Crippen molar-refractivity contribution in [3.8, 4) is 11.5 Å². The molecule has 2 nitrogen and oxygen atoms in total. The lowest BCUT2D eigenvalue weighted by Gasteiger charge is -2.10. The van der Waals surface area contributed by atoms with Crippen LogP contribution < -0.4 is 4.74 Å². The third-order valence-electron chi connectivity index (χ3n) is 2.55. The van der Waals surface area contributed by atoms with Crippen molar-refractivity contribution in [2.24, 2.45) is 0 Å². The van der Waals surface area contributed by atoms with Gasteiger partial charge in [-0.2, -0.15) is 0 Å². The minimum Gasteiger partial charge on any atom is -0.451 e. The fourth-order valence-electron chi connectivity index (χ4n) is 1.53. The molecule has 5 heteroatoms. The number of benzene rings is 2. The fraction of sp³-hybridized carbons (Fsp3) is 0.143. The summed E-state index contributed by atoms with van der Waals surface area (Å²) in [5.41, 5.74) is 0.430. The molecule has 0 unspecified atom stereocenters. The maximum Gasteiger partial charge on any atom is 0.166 e. The number of hydrogen-bond donors (Lipinski definition) is 1. The topological polar surface area (TPSA) is 29.5 Å². The molecule has 0 spiro atoms. The zero-order valence-electron chi connectivity index (χ0n) is 10.0. The van der Waals surface area contributed by atoms with Gasteiger partial charge in [-0.25, -0.2) is 8.78 Å². The highest BCUT2D eigenvalue weighted by molar-refractivity contribution is 9.10. The molecule has 0 bridgehead atoms. The first-order chi connectivity index (χ1) is 8.97. The van der Waals surface area contributed by atoms with Gasteiger partial charge in [-0.15, -0.1) is 0 Å². The number of halogens is 3. The summed E-state index contributed by atoms with van der Waals surface area (Å²) in [5.74, 6) is -1.40. The predicted molar refractivity (Wildman–Crippen MR) is 71.2 cm³/mol. The quantitative estimate of drug-likeness (QED) is 0.894. The molecule has 2 rings (SSSR count). The van der Waals surface area contributed by atoms with Crippen molar-refractivity contribution in [3.63, 3.8) is 0 Å². The molecule has 0 aliphatic rings. The molecule has 1 atom stereocenters. The van der Waals surface area contributed by atoms with Gasteiger partial charge in [0.1, 0.15) is 0 Å². The molecule has 0 heterocycles. The molecular weight excluding hydrogens is 318 g/mol. The summed E-state index contributed by atoms with van der Waals surface area (Å²) in [4.78, 5) is 0. The van der Waals surface area contributed by atoms with E-state index in [1.807, 2.05) is 0 Å². The summed E-state index contributed by atoms with van der Waals surface area (Å²) >= 11 is 3.19. The molecule has 0 amide bonds. The Bertz CT molecular complexity index is 600. The lowest BCUT2D eigenvalue weighted by molar-refractivity contribution is 0.198. The van der Waals surface area contributed by atoms with Crippen LogP contribution in [0.25, 0.3) is 0 Å². The minimum atomic E-state index is -0.772. The first kappa shape index (κ1) is 14.0. The first-order valence-corrected chi connectivity index (χ1v) is 6.37. The Morgan fingerprint density at radius 2 is 1.79 bits per heavy atom. The Labute approximate surface area is 117 Å². The number of hydrogen-bond acceptors (Lipinski definition) is 2. The molecule has 0 saturated heterocycles. The van der Waals surface area contributed by atoms with Crippen molar-refractivity contribution in [2.75, 3.05) is 0 Å². The third-order valence-corrected chi connectivity index (χ3v) is 3.04. The van der Waals surface area contributed by atoms with Gasteiger partial charge in [0.2, 0.25) is 0 Å². The van der Waals surface area contributed by atoms with E-state index in [0.29, 0.717) is 10.0 Å². The van der Waals surface area contributed by atoms with Crippen LogP contribution >= 0.6 is 15.9 Å². The molecule has 0 aromatic heterocycles. The Morgan fingerprint density at radius 1 is 1.05 bits per heavy atom. The molecule has 0 fully saturated rings. The van der Waals surface area contributed by atoms with E-state index < -0.39 is 17.7 Å². The van der Waals surface area contributed by atoms with Crippen LogP contribution in [0.1, 0.15) is 18.6 Å². The van der Waals surface area contributed by atoms with E-state index in [4.69, 9.17) is 4.74 Å². The van der Waals surface area contributed by atoms with Crippen molar-refractivity contribution < 1.29 is 18.6 Å². The molecule has 0 saturated carbocycles. The van der Waals surface area contributed by atoms with Crippen LogP contribution in [0.3, 0.4) is 0 Å². The summed E-state index contributed by atoms with van der Waals surface area (Å²) in [5, 5.41) is 9.34. The lowest BCUT2D eigenvalue weighted by Crippen LogP contribution is -1.95. The van der Waals surface area contributed by atoms with Crippen LogP contribution in [0.2, 0.25) is 0 Å². The van der Waals surface area contributed by atoms with Gasteiger partial charge < -0.3 is 9.84 Å². The van der Waals surface area contributed by atoms with Gasteiger partial charge in [0, 0.05) is 4.47 Å². The highest BCUT2D eigenvalue weighted by Gasteiger charge is 2.11. The normalized spacial score (nSPS) is 12.3. The van der Waals surface area contributed by atoms with E-state index in [9.17, 15) is 13.9 Å². The molecule has 0 aliphatic carbocycles. The second-order valence-corrected chi connectivity index (χ2v) is 4.96. The van der Waals surface area contributed by atoms with E-state index in [0.717, 1.165) is 6.07 Å². The Balaban J connectivity index is 2.31. The number of rotatable bonds is 3. The van der Waals surface area contributed by atoms with Crippen LogP contribution in [0, 0.1) is 11.6 Å². The smallest absolute Gasteiger partial charge is 0.166 e. The van der Waals surface area contributed by atoms with Crippen molar-refractivity contribution in [1.29, 1.82) is 0 Å². The summed E-state index contributed by atoms with van der Waals surface area (Å²) in [6, 6.07) is 8.21. The number of aliphatic hydroxyl groups excluding tert-OH is 1. The summed E-state index contributed by atoms with van der Waals surface area (Å²) in [6.45, 7) is 1.53. The monoisotopic (exact) mass is 328 g/mol. The van der Waals surface area contributed by atoms with Gasteiger partial charge in [0.25, 0.3) is 0 Å². The maximum absolute atomic E-state index is 13.8. The molecule has 19 heavy (non-hydrogen) atoms. The van der Waals surface area contributed by atoms with Gasteiger partial charge in [-0.05, 0) is 42.8 Å². The minimum absolute atomic E-state index is 0.0712. The average Bonchev–Trinajstić information content (AvgIpc) is 2.36. The zero-order valence-corrected chi connectivity index (χ0v) is 11.6. The van der Waals surface area contributed by atoms with Crippen LogP contribution in [0.4, 0.5) is 8.78 Å². The van der Waals surface area contributed by atoms with Gasteiger partial charge in [0.05, 0.1) is 6.10 Å². The summed E-state index contributed by atoms with van der Waals surface area (Å²) in [6.07, 6.45) is -0.772. The average molecular weight is 329 g/mol. The van der Waals surface area contributed by atoms with Crippen molar-refractivity contribution in [3.05, 3.63) is 58.1 Å². The van der Waals surface area contributed by atoms with E-state index in [2.05, 4.69) is 15.9 Å². The fourth-order valence-corrected chi connectivity index (χ4v) is 1.87. The number of ether oxygens (including phenoxy) is 1. The molecule has 0 radical (unpaired) electrons. The van der Waals surface area contributed by atoms with Gasteiger partial charge in [0.15, 0.2) is 23.1 Å². The highest BCUT2D eigenvalue weighted by atomic mass is 79.9. The maximum atomic E-state index is 13.8. The Hall–Kier alpha value is -1.46. The number of aliphatic hydroxyl groups is 1. The summed E-state index contributed by atoms with van der Waals surface area (Å²) < 4.78 is 33.1. The molecule has 1 N–H and O–H groups in total. The zero-order chi connectivity index (χ0) is 14.0. The van der Waals surface area contributed by atoms with Gasteiger partial charge in [-0.3, -0.25) is 0 Å². The molecule has 2 aromatic rings. The largest absolute Gasteiger partial charge is 0.451 e. The van der Waals surface area contributed by atoms with Crippen molar-refractivity contribution in [1.82, 2.24) is 0 Å². The lowest BCUT2D eigenvalue weighted by atomic mass is 10.1. The van der Waals surface area contributed by atoms with Crippen LogP contribution in [0.15, 0.2) is 40.9 Å². The van der Waals surface area contributed by atoms with Crippen LogP contribution in [-0.2, 0) is 0 Å². The molecule has 100 valence electrons. The SMILES string of the molecule is C[C@@H](O)c1ccc(Oc2cc(Br)ccc2F)c(F)c1. The molecular formula is C14H11BrF2O2. The molecule has 2 aromatic carbocycles. The Morgan fingerprint density at radius 3 is 2.42 bits per heavy atom. The standard InChI is InChI=1S/C14H11BrF2O2/c1-8(18)9-2-5-13(12(17)6-9)19-14-7-10(15)3-4-11(14)16/h2-8,18H,1H3/t8-/m1/s1. The van der Waals surface area contributed by atoms with Crippen LogP contribution in [-0.4, -0.2) is 5.11 Å². The highest BCUT2D eigenvalue weighted by Crippen LogP contribution is 2.30. The van der Waals surface area contributed by atoms with E-state index >= 15 is 0 Å². The van der Waals surface area contributed by atoms with Crippen molar-refractivity contribution in [2.45, 2.75) is 13.0 Å². The van der Waals surface area contributed by atoms with Gasteiger partial charge in [-0.1, -0.05) is 22.0 Å². The summed E-state index contributed by atoms with van der Waals surface area (Å²) in [7, 11) is 0. The molecule has 0 aliphatic heterocycles.